The van der Waals surface area contributed by atoms with Gasteiger partial charge in [-0.1, -0.05) is 0 Å². The summed E-state index contributed by atoms with van der Waals surface area (Å²) in [6.07, 6.45) is -0.449. The van der Waals surface area contributed by atoms with Crippen molar-refractivity contribution in [3.05, 3.63) is 0 Å². The lowest BCUT2D eigenvalue weighted by atomic mass is 10.4. The van der Waals surface area contributed by atoms with Crippen molar-refractivity contribution < 1.29 is 9.18 Å². The Hall–Kier alpha value is -0.600. The molecule has 0 aromatic heterocycles. The molecular formula is C5H8FNO. The maximum absolute atomic E-state index is 12.0. The Bertz CT molecular complexity index is 115. The lowest BCUT2D eigenvalue weighted by Crippen LogP contribution is -2.20. The normalized spacial score (nSPS) is 34.2. The van der Waals surface area contributed by atoms with Crippen LogP contribution >= 0.6 is 0 Å². The molecule has 1 fully saturated rings. The summed E-state index contributed by atoms with van der Waals surface area (Å²) in [6.45, 7) is 0. The topological polar surface area (TPSA) is 29.1 Å². The van der Waals surface area contributed by atoms with E-state index in [9.17, 15) is 9.18 Å². The molecule has 1 unspecified atom stereocenters. The van der Waals surface area contributed by atoms with E-state index in [1.165, 1.54) is 7.05 Å². The molecule has 3 heteroatoms. The van der Waals surface area contributed by atoms with Crippen molar-refractivity contribution in [2.75, 3.05) is 7.05 Å². The predicted molar refractivity (Wildman–Crippen MR) is 27.1 cm³/mol. The number of nitrogens with one attached hydrogen (secondary N) is 1. The zero-order valence-electron chi connectivity index (χ0n) is 4.65. The largest absolute Gasteiger partial charge is 0.359 e. The fourth-order valence-electron chi connectivity index (χ4n) is 0.621. The van der Waals surface area contributed by atoms with Gasteiger partial charge in [-0.3, -0.25) is 4.79 Å². The van der Waals surface area contributed by atoms with Gasteiger partial charge in [-0.25, -0.2) is 4.39 Å². The summed E-state index contributed by atoms with van der Waals surface area (Å²) in [6, 6.07) is 0. The van der Waals surface area contributed by atoms with E-state index in [-0.39, 0.29) is 11.8 Å². The highest BCUT2D eigenvalue weighted by atomic mass is 19.1. The highest BCUT2D eigenvalue weighted by Gasteiger charge is 2.42. The number of amides is 1. The lowest BCUT2D eigenvalue weighted by Gasteiger charge is -1.90. The van der Waals surface area contributed by atoms with Gasteiger partial charge >= 0.3 is 0 Å². The zero-order valence-corrected chi connectivity index (χ0v) is 4.65. The molecule has 0 aliphatic heterocycles. The second-order valence-electron chi connectivity index (χ2n) is 1.97. The SMILES string of the molecule is CNC(=O)C1C[C@@H]1F. The molecule has 0 heterocycles. The third-order valence-electron chi connectivity index (χ3n) is 1.30. The maximum atomic E-state index is 12.0. The molecule has 1 amide bonds. The number of carbonyl (C=O) groups excluding carboxylic acids is 1. The molecule has 1 aliphatic rings. The number of hydrogen-bond acceptors (Lipinski definition) is 1. The summed E-state index contributed by atoms with van der Waals surface area (Å²) in [7, 11) is 1.52. The molecule has 46 valence electrons. The van der Waals surface area contributed by atoms with Crippen LogP contribution in [0.25, 0.3) is 0 Å². The Morgan fingerprint density at radius 3 is 2.50 bits per heavy atom. The van der Waals surface area contributed by atoms with E-state index in [1.807, 2.05) is 0 Å². The van der Waals surface area contributed by atoms with Crippen LogP contribution in [0, 0.1) is 5.92 Å². The number of carbonyl (C=O) groups is 1. The standard InChI is InChI=1S/C5H8FNO/c1-7-5(8)3-2-4(3)6/h3-4H,2H2,1H3,(H,7,8)/t3?,4-/m0/s1. The van der Waals surface area contributed by atoms with Gasteiger partial charge in [0.15, 0.2) is 0 Å². The molecule has 0 bridgehead atoms. The van der Waals surface area contributed by atoms with Gasteiger partial charge < -0.3 is 5.32 Å². The van der Waals surface area contributed by atoms with Crippen LogP contribution in [0.1, 0.15) is 6.42 Å². The Balaban J connectivity index is 2.28. The van der Waals surface area contributed by atoms with Gasteiger partial charge in [-0.2, -0.15) is 0 Å². The van der Waals surface area contributed by atoms with Crippen molar-refractivity contribution in [3.8, 4) is 0 Å². The van der Waals surface area contributed by atoms with Crippen LogP contribution in [-0.2, 0) is 4.79 Å². The maximum Gasteiger partial charge on any atom is 0.225 e. The zero-order chi connectivity index (χ0) is 6.15. The Morgan fingerprint density at radius 1 is 1.88 bits per heavy atom. The van der Waals surface area contributed by atoms with Crippen LogP contribution in [0.4, 0.5) is 4.39 Å². The van der Waals surface area contributed by atoms with Crippen molar-refractivity contribution in [1.82, 2.24) is 5.32 Å². The molecule has 0 saturated heterocycles. The van der Waals surface area contributed by atoms with Gasteiger partial charge in [0.05, 0.1) is 5.92 Å². The van der Waals surface area contributed by atoms with E-state index in [0.717, 1.165) is 0 Å². The smallest absolute Gasteiger partial charge is 0.225 e. The van der Waals surface area contributed by atoms with Crippen LogP contribution in [0.2, 0.25) is 0 Å². The van der Waals surface area contributed by atoms with Gasteiger partial charge in [0.1, 0.15) is 6.17 Å². The van der Waals surface area contributed by atoms with Gasteiger partial charge in [0.2, 0.25) is 5.91 Å². The highest BCUT2D eigenvalue weighted by molar-refractivity contribution is 5.81. The van der Waals surface area contributed by atoms with Crippen LogP contribution in [0.15, 0.2) is 0 Å². The third kappa shape index (κ3) is 0.804. The first-order chi connectivity index (χ1) is 3.75. The molecule has 1 rings (SSSR count). The minimum atomic E-state index is -0.866. The summed E-state index contributed by atoms with van der Waals surface area (Å²) in [4.78, 5) is 10.4. The molecule has 0 radical (unpaired) electrons. The van der Waals surface area contributed by atoms with E-state index in [1.54, 1.807) is 0 Å². The average molecular weight is 117 g/mol. The lowest BCUT2D eigenvalue weighted by molar-refractivity contribution is -0.122. The van der Waals surface area contributed by atoms with E-state index >= 15 is 0 Å². The third-order valence-corrected chi connectivity index (χ3v) is 1.30. The van der Waals surface area contributed by atoms with E-state index in [4.69, 9.17) is 0 Å². The fraction of sp³-hybridized carbons (Fsp3) is 0.800. The van der Waals surface area contributed by atoms with Crippen molar-refractivity contribution >= 4 is 5.91 Å². The minimum Gasteiger partial charge on any atom is -0.359 e. The van der Waals surface area contributed by atoms with Gasteiger partial charge in [-0.05, 0) is 6.42 Å². The minimum absolute atomic E-state index is 0.169. The van der Waals surface area contributed by atoms with Gasteiger partial charge in [-0.15, -0.1) is 0 Å². The van der Waals surface area contributed by atoms with Crippen molar-refractivity contribution in [2.24, 2.45) is 5.92 Å². The van der Waals surface area contributed by atoms with Crippen molar-refractivity contribution in [2.45, 2.75) is 12.6 Å². The molecular weight excluding hydrogens is 109 g/mol. The first kappa shape index (κ1) is 5.54. The van der Waals surface area contributed by atoms with Gasteiger partial charge in [0.25, 0.3) is 0 Å². The second-order valence-corrected chi connectivity index (χ2v) is 1.97. The predicted octanol–water partition coefficient (Wildman–Crippen LogP) is 0.0904. The van der Waals surface area contributed by atoms with Crippen LogP contribution in [-0.4, -0.2) is 19.1 Å². The molecule has 0 aromatic rings. The van der Waals surface area contributed by atoms with E-state index in [2.05, 4.69) is 5.32 Å². The monoisotopic (exact) mass is 117 g/mol. The number of rotatable bonds is 1. The van der Waals surface area contributed by atoms with Gasteiger partial charge in [0, 0.05) is 7.05 Å². The second kappa shape index (κ2) is 1.73. The van der Waals surface area contributed by atoms with Crippen LogP contribution < -0.4 is 5.32 Å². The quantitative estimate of drug-likeness (QED) is 0.518. The summed E-state index contributed by atoms with van der Waals surface area (Å²) < 4.78 is 12.0. The van der Waals surface area contributed by atoms with Crippen LogP contribution in [0.5, 0.6) is 0 Å². The van der Waals surface area contributed by atoms with E-state index in [0.29, 0.717) is 6.42 Å². The summed E-state index contributed by atoms with van der Waals surface area (Å²) >= 11 is 0. The van der Waals surface area contributed by atoms with Crippen LogP contribution in [0.3, 0.4) is 0 Å². The Kier molecular flexibility index (Phi) is 1.19. The Morgan fingerprint density at radius 2 is 2.38 bits per heavy atom. The number of alkyl halides is 1. The summed E-state index contributed by atoms with van der Waals surface area (Å²) in [5.41, 5.74) is 0. The van der Waals surface area contributed by atoms with E-state index < -0.39 is 6.17 Å². The molecule has 1 N–H and O–H groups in total. The highest BCUT2D eigenvalue weighted by Crippen LogP contribution is 2.33. The molecule has 2 atom stereocenters. The molecule has 1 saturated carbocycles. The number of hydrogen-bond donors (Lipinski definition) is 1. The first-order valence-corrected chi connectivity index (χ1v) is 2.61. The first-order valence-electron chi connectivity index (χ1n) is 2.61. The fourth-order valence-corrected chi connectivity index (χ4v) is 0.621. The summed E-state index contributed by atoms with van der Waals surface area (Å²) in [5, 5.41) is 2.38. The molecule has 0 aromatic carbocycles. The molecule has 1 aliphatic carbocycles. The molecule has 0 spiro atoms. The Labute approximate surface area is 47.1 Å². The molecule has 8 heavy (non-hydrogen) atoms. The van der Waals surface area contributed by atoms with Crippen molar-refractivity contribution in [1.29, 1.82) is 0 Å². The van der Waals surface area contributed by atoms with Crippen molar-refractivity contribution in [3.63, 3.8) is 0 Å². The average Bonchev–Trinajstić information content (AvgIpc) is 2.45. The molecule has 2 nitrogen and oxygen atoms in total. The number of halogens is 1. The summed E-state index contributed by atoms with van der Waals surface area (Å²) in [5.74, 6) is -0.502.